The van der Waals surface area contributed by atoms with Crippen LogP contribution in [-0.4, -0.2) is 15.7 Å². The number of fused-ring (bicyclic) bond motifs is 1. The molecule has 2 aromatic heterocycles. The van der Waals surface area contributed by atoms with E-state index in [0.717, 1.165) is 24.2 Å². The maximum atomic E-state index is 6.24. The second-order valence-corrected chi connectivity index (χ2v) is 7.06. The normalized spacial score (nSPS) is 11.5. The zero-order chi connectivity index (χ0) is 18.1. The van der Waals surface area contributed by atoms with E-state index in [0.29, 0.717) is 0 Å². The lowest BCUT2D eigenvalue weighted by Gasteiger charge is -2.17. The van der Waals surface area contributed by atoms with Gasteiger partial charge in [-0.2, -0.15) is 5.10 Å². The maximum Gasteiger partial charge on any atom is 0.215 e. The molecule has 0 aliphatic carbocycles. The molecule has 0 saturated carbocycles. The first-order chi connectivity index (χ1) is 11.9. The van der Waals surface area contributed by atoms with Crippen LogP contribution in [0.2, 0.25) is 0 Å². The topological polar surface area (TPSA) is 26.5 Å². The van der Waals surface area contributed by atoms with Gasteiger partial charge >= 0.3 is 0 Å². The van der Waals surface area contributed by atoms with Crippen LogP contribution in [-0.2, 0) is 0 Å². The van der Waals surface area contributed by atoms with Gasteiger partial charge in [0.1, 0.15) is 0 Å². The molecule has 25 heavy (non-hydrogen) atoms. The van der Waals surface area contributed by atoms with Crippen molar-refractivity contribution in [3.63, 3.8) is 0 Å². The van der Waals surface area contributed by atoms with E-state index in [-0.39, 0.29) is 6.10 Å². The van der Waals surface area contributed by atoms with Crippen molar-refractivity contribution in [2.75, 3.05) is 0 Å². The van der Waals surface area contributed by atoms with Gasteiger partial charge in [-0.1, -0.05) is 31.5 Å². The smallest absolute Gasteiger partial charge is 0.215 e. The second-order valence-electron chi connectivity index (χ2n) is 7.06. The van der Waals surface area contributed by atoms with E-state index in [2.05, 4.69) is 70.9 Å². The van der Waals surface area contributed by atoms with E-state index < -0.39 is 0 Å². The average molecular weight is 336 g/mol. The van der Waals surface area contributed by atoms with Gasteiger partial charge in [0.05, 0.1) is 17.8 Å². The Kier molecular flexibility index (Phi) is 4.85. The van der Waals surface area contributed by atoms with Gasteiger partial charge in [0, 0.05) is 11.6 Å². The Balaban J connectivity index is 2.19. The van der Waals surface area contributed by atoms with Crippen LogP contribution in [0.25, 0.3) is 16.6 Å². The molecule has 0 bridgehead atoms. The standard InChI is InChI=1S/C22H28N2O/c1-7-18(8-2)25-21-12-15(4)11-20-19(13-23-24(20)21)22-16(5)9-14(3)10-17(22)6/h9-13,18H,7-8H2,1-6H3. The number of pyridine rings is 1. The zero-order valence-corrected chi connectivity index (χ0v) is 16.2. The Morgan fingerprint density at radius 2 is 1.52 bits per heavy atom. The molecule has 0 amide bonds. The summed E-state index contributed by atoms with van der Waals surface area (Å²) in [5.41, 5.74) is 8.62. The van der Waals surface area contributed by atoms with Gasteiger partial charge in [-0.25, -0.2) is 4.52 Å². The zero-order valence-electron chi connectivity index (χ0n) is 16.2. The van der Waals surface area contributed by atoms with Gasteiger partial charge in [0.2, 0.25) is 5.88 Å². The van der Waals surface area contributed by atoms with Crippen molar-refractivity contribution in [2.45, 2.75) is 60.5 Å². The molecule has 0 N–H and O–H groups in total. The number of ether oxygens (including phenoxy) is 1. The summed E-state index contributed by atoms with van der Waals surface area (Å²) in [5.74, 6) is 0.831. The van der Waals surface area contributed by atoms with Crippen LogP contribution in [0.4, 0.5) is 0 Å². The van der Waals surface area contributed by atoms with Crippen LogP contribution in [0.5, 0.6) is 5.88 Å². The first-order valence-corrected chi connectivity index (χ1v) is 9.17. The fourth-order valence-corrected chi connectivity index (χ4v) is 3.69. The van der Waals surface area contributed by atoms with Gasteiger partial charge in [-0.3, -0.25) is 0 Å². The maximum absolute atomic E-state index is 6.24. The minimum absolute atomic E-state index is 0.223. The third-order valence-electron chi connectivity index (χ3n) is 4.88. The summed E-state index contributed by atoms with van der Waals surface area (Å²) in [6, 6.07) is 8.75. The van der Waals surface area contributed by atoms with Gasteiger partial charge < -0.3 is 4.74 Å². The molecule has 0 radical (unpaired) electrons. The predicted molar refractivity (Wildman–Crippen MR) is 105 cm³/mol. The molecule has 3 heteroatoms. The van der Waals surface area contributed by atoms with E-state index in [9.17, 15) is 0 Å². The summed E-state index contributed by atoms with van der Waals surface area (Å²) in [6.45, 7) is 12.9. The molecule has 3 nitrogen and oxygen atoms in total. The third-order valence-corrected chi connectivity index (χ3v) is 4.88. The molecule has 0 aliphatic heterocycles. The molecule has 3 rings (SSSR count). The summed E-state index contributed by atoms with van der Waals surface area (Å²) >= 11 is 0. The fourth-order valence-electron chi connectivity index (χ4n) is 3.69. The molecule has 132 valence electrons. The van der Waals surface area contributed by atoms with E-state index in [1.807, 2.05) is 10.7 Å². The highest BCUT2D eigenvalue weighted by Gasteiger charge is 2.16. The SMILES string of the molecule is CCC(CC)Oc1cc(C)cc2c(-c3c(C)cc(C)cc3C)cnn12. The van der Waals surface area contributed by atoms with Crippen LogP contribution >= 0.6 is 0 Å². The molecule has 0 aliphatic rings. The molecule has 0 saturated heterocycles. The molecular formula is C22H28N2O. The van der Waals surface area contributed by atoms with Crippen molar-refractivity contribution < 1.29 is 4.74 Å². The monoisotopic (exact) mass is 336 g/mol. The molecule has 0 unspecified atom stereocenters. The number of benzene rings is 1. The van der Waals surface area contributed by atoms with Crippen molar-refractivity contribution in [3.05, 3.63) is 52.7 Å². The van der Waals surface area contributed by atoms with Gasteiger partial charge in [-0.05, 0) is 68.9 Å². The highest BCUT2D eigenvalue weighted by atomic mass is 16.5. The van der Waals surface area contributed by atoms with Crippen molar-refractivity contribution >= 4 is 5.52 Å². The second kappa shape index (κ2) is 6.91. The summed E-state index contributed by atoms with van der Waals surface area (Å²) in [5, 5.41) is 4.65. The van der Waals surface area contributed by atoms with Crippen molar-refractivity contribution in [3.8, 4) is 17.0 Å². The number of aromatic nitrogens is 2. The van der Waals surface area contributed by atoms with Gasteiger partial charge in [-0.15, -0.1) is 0 Å². The van der Waals surface area contributed by atoms with Crippen molar-refractivity contribution in [2.24, 2.45) is 0 Å². The lowest BCUT2D eigenvalue weighted by atomic mass is 9.94. The largest absolute Gasteiger partial charge is 0.474 e. The van der Waals surface area contributed by atoms with Crippen LogP contribution in [0.1, 0.15) is 48.9 Å². The van der Waals surface area contributed by atoms with E-state index in [1.165, 1.54) is 33.4 Å². The van der Waals surface area contributed by atoms with E-state index in [1.54, 1.807) is 0 Å². The first-order valence-electron chi connectivity index (χ1n) is 9.17. The Bertz CT molecular complexity index is 881. The number of hydrogen-bond donors (Lipinski definition) is 0. The number of aryl methyl sites for hydroxylation is 4. The Hall–Kier alpha value is -2.29. The Labute approximate surface area is 150 Å². The molecule has 0 atom stereocenters. The summed E-state index contributed by atoms with van der Waals surface area (Å²) < 4.78 is 8.18. The van der Waals surface area contributed by atoms with Gasteiger partial charge in [0.25, 0.3) is 0 Å². The van der Waals surface area contributed by atoms with E-state index in [4.69, 9.17) is 4.74 Å². The fraction of sp³-hybridized carbons (Fsp3) is 0.409. The van der Waals surface area contributed by atoms with Crippen LogP contribution in [0.15, 0.2) is 30.5 Å². The summed E-state index contributed by atoms with van der Waals surface area (Å²) in [7, 11) is 0. The number of nitrogens with zero attached hydrogens (tertiary/aromatic N) is 2. The van der Waals surface area contributed by atoms with Crippen molar-refractivity contribution in [1.29, 1.82) is 0 Å². The molecule has 1 aromatic carbocycles. The van der Waals surface area contributed by atoms with Crippen LogP contribution in [0.3, 0.4) is 0 Å². The highest BCUT2D eigenvalue weighted by molar-refractivity contribution is 5.84. The molecular weight excluding hydrogens is 308 g/mol. The minimum Gasteiger partial charge on any atom is -0.474 e. The Morgan fingerprint density at radius 1 is 0.920 bits per heavy atom. The molecule has 0 fully saturated rings. The van der Waals surface area contributed by atoms with Crippen LogP contribution in [0, 0.1) is 27.7 Å². The van der Waals surface area contributed by atoms with E-state index >= 15 is 0 Å². The van der Waals surface area contributed by atoms with Crippen LogP contribution < -0.4 is 4.74 Å². The summed E-state index contributed by atoms with van der Waals surface area (Å²) in [6.07, 6.45) is 4.19. The molecule has 0 spiro atoms. The molecule has 2 heterocycles. The predicted octanol–water partition coefficient (Wildman–Crippen LogP) is 5.80. The Morgan fingerprint density at radius 3 is 2.12 bits per heavy atom. The first kappa shape index (κ1) is 17.5. The minimum atomic E-state index is 0.223. The lowest BCUT2D eigenvalue weighted by molar-refractivity contribution is 0.180. The van der Waals surface area contributed by atoms with Gasteiger partial charge in [0.15, 0.2) is 0 Å². The third kappa shape index (κ3) is 3.28. The summed E-state index contributed by atoms with van der Waals surface area (Å²) in [4.78, 5) is 0. The molecule has 3 aromatic rings. The highest BCUT2D eigenvalue weighted by Crippen LogP contribution is 2.33. The number of rotatable bonds is 5. The quantitative estimate of drug-likeness (QED) is 0.588. The lowest BCUT2D eigenvalue weighted by Crippen LogP contribution is -2.16. The van der Waals surface area contributed by atoms with Crippen molar-refractivity contribution in [1.82, 2.24) is 9.61 Å². The number of hydrogen-bond acceptors (Lipinski definition) is 2. The average Bonchev–Trinajstić information content (AvgIpc) is 2.95.